The van der Waals surface area contributed by atoms with Gasteiger partial charge in [-0.1, -0.05) is 37.6 Å². The van der Waals surface area contributed by atoms with E-state index in [1.165, 1.54) is 32.1 Å². The SMILES string of the molecule is CCCCNC/C=C\C1CC=CCC1. The van der Waals surface area contributed by atoms with Gasteiger partial charge in [0.15, 0.2) is 0 Å². The minimum atomic E-state index is 0.799. The monoisotopic (exact) mass is 193 g/mol. The Bertz CT molecular complexity index is 182. The Hall–Kier alpha value is -0.560. The van der Waals surface area contributed by atoms with Crippen molar-refractivity contribution in [2.45, 2.75) is 39.0 Å². The van der Waals surface area contributed by atoms with Crippen molar-refractivity contribution in [3.63, 3.8) is 0 Å². The Kier molecular flexibility index (Phi) is 6.42. The number of hydrogen-bond donors (Lipinski definition) is 1. The van der Waals surface area contributed by atoms with Crippen LogP contribution < -0.4 is 5.32 Å². The molecule has 0 radical (unpaired) electrons. The summed E-state index contributed by atoms with van der Waals surface area (Å²) in [6.07, 6.45) is 15.7. The van der Waals surface area contributed by atoms with Crippen LogP contribution in [0.15, 0.2) is 24.3 Å². The van der Waals surface area contributed by atoms with E-state index in [1.807, 2.05) is 0 Å². The highest BCUT2D eigenvalue weighted by Crippen LogP contribution is 2.18. The normalized spacial score (nSPS) is 21.9. The minimum absolute atomic E-state index is 0.799. The molecule has 0 heterocycles. The van der Waals surface area contributed by atoms with Crippen LogP contribution in [0.2, 0.25) is 0 Å². The molecule has 0 spiro atoms. The first-order valence-electron chi connectivity index (χ1n) is 5.96. The summed E-state index contributed by atoms with van der Waals surface area (Å²) in [5.41, 5.74) is 0. The Balaban J connectivity index is 1.99. The molecule has 1 aliphatic carbocycles. The van der Waals surface area contributed by atoms with E-state index in [-0.39, 0.29) is 0 Å². The van der Waals surface area contributed by atoms with E-state index in [2.05, 4.69) is 36.5 Å². The third-order valence-corrected chi connectivity index (χ3v) is 2.69. The van der Waals surface area contributed by atoms with Crippen LogP contribution in [0, 0.1) is 5.92 Å². The maximum Gasteiger partial charge on any atom is 0.0134 e. The maximum absolute atomic E-state index is 3.42. The van der Waals surface area contributed by atoms with Gasteiger partial charge in [-0.3, -0.25) is 0 Å². The van der Waals surface area contributed by atoms with E-state index in [9.17, 15) is 0 Å². The highest BCUT2D eigenvalue weighted by Gasteiger charge is 2.04. The highest BCUT2D eigenvalue weighted by molar-refractivity contribution is 4.99. The number of rotatable bonds is 6. The van der Waals surface area contributed by atoms with Crippen molar-refractivity contribution in [2.75, 3.05) is 13.1 Å². The van der Waals surface area contributed by atoms with E-state index >= 15 is 0 Å². The predicted octanol–water partition coefficient (Wildman–Crippen LogP) is 3.29. The first-order chi connectivity index (χ1) is 6.93. The zero-order valence-electron chi connectivity index (χ0n) is 9.34. The molecule has 0 bridgehead atoms. The van der Waals surface area contributed by atoms with E-state index in [0.29, 0.717) is 0 Å². The van der Waals surface area contributed by atoms with E-state index < -0.39 is 0 Å². The van der Waals surface area contributed by atoms with Gasteiger partial charge < -0.3 is 5.32 Å². The fourth-order valence-corrected chi connectivity index (χ4v) is 1.74. The number of hydrogen-bond acceptors (Lipinski definition) is 1. The second kappa shape index (κ2) is 7.81. The van der Waals surface area contributed by atoms with Crippen LogP contribution in [0.25, 0.3) is 0 Å². The minimum Gasteiger partial charge on any atom is -0.313 e. The van der Waals surface area contributed by atoms with Gasteiger partial charge in [0.05, 0.1) is 0 Å². The average molecular weight is 193 g/mol. The fourth-order valence-electron chi connectivity index (χ4n) is 1.74. The number of unbranched alkanes of at least 4 members (excludes halogenated alkanes) is 1. The van der Waals surface area contributed by atoms with Gasteiger partial charge >= 0.3 is 0 Å². The maximum atomic E-state index is 3.42. The molecule has 1 atom stereocenters. The largest absolute Gasteiger partial charge is 0.313 e. The molecule has 1 heteroatoms. The molecule has 0 aromatic carbocycles. The molecule has 0 aromatic rings. The summed E-state index contributed by atoms with van der Waals surface area (Å²) in [5, 5.41) is 3.42. The topological polar surface area (TPSA) is 12.0 Å². The molecule has 80 valence electrons. The van der Waals surface area contributed by atoms with Gasteiger partial charge in [-0.05, 0) is 38.1 Å². The van der Waals surface area contributed by atoms with Crippen molar-refractivity contribution in [1.82, 2.24) is 5.32 Å². The summed E-state index contributed by atoms with van der Waals surface area (Å²) in [4.78, 5) is 0. The van der Waals surface area contributed by atoms with Gasteiger partial charge in [0.1, 0.15) is 0 Å². The third kappa shape index (κ3) is 5.23. The second-order valence-electron chi connectivity index (χ2n) is 4.03. The lowest BCUT2D eigenvalue weighted by Gasteiger charge is -2.12. The number of allylic oxidation sites excluding steroid dienone is 3. The summed E-state index contributed by atoms with van der Waals surface area (Å²) >= 11 is 0. The molecule has 0 fully saturated rings. The van der Waals surface area contributed by atoms with Crippen molar-refractivity contribution in [3.8, 4) is 0 Å². The second-order valence-corrected chi connectivity index (χ2v) is 4.03. The molecular formula is C13H23N. The summed E-state index contributed by atoms with van der Waals surface area (Å²) < 4.78 is 0. The molecule has 1 aliphatic rings. The van der Waals surface area contributed by atoms with Gasteiger partial charge in [0.25, 0.3) is 0 Å². The van der Waals surface area contributed by atoms with Crippen LogP contribution in [0.3, 0.4) is 0 Å². The Morgan fingerprint density at radius 3 is 3.07 bits per heavy atom. The van der Waals surface area contributed by atoms with Crippen molar-refractivity contribution in [1.29, 1.82) is 0 Å². The molecule has 0 aromatic heterocycles. The zero-order valence-corrected chi connectivity index (χ0v) is 9.34. The van der Waals surface area contributed by atoms with Crippen molar-refractivity contribution < 1.29 is 0 Å². The molecule has 0 amide bonds. The van der Waals surface area contributed by atoms with Gasteiger partial charge in [-0.15, -0.1) is 0 Å². The van der Waals surface area contributed by atoms with Crippen LogP contribution >= 0.6 is 0 Å². The van der Waals surface area contributed by atoms with Gasteiger partial charge in [-0.25, -0.2) is 0 Å². The van der Waals surface area contributed by atoms with Crippen LogP contribution in [0.1, 0.15) is 39.0 Å². The van der Waals surface area contributed by atoms with E-state index in [1.54, 1.807) is 0 Å². The van der Waals surface area contributed by atoms with Crippen LogP contribution in [0.5, 0.6) is 0 Å². The van der Waals surface area contributed by atoms with Crippen molar-refractivity contribution in [2.24, 2.45) is 5.92 Å². The molecule has 0 saturated heterocycles. The standard InChI is InChI=1S/C13H23N/c1-2-3-11-14-12-7-10-13-8-5-4-6-9-13/h4-5,7,10,13-14H,2-3,6,8-9,11-12H2,1H3/b10-7-. The molecule has 1 N–H and O–H groups in total. The smallest absolute Gasteiger partial charge is 0.0134 e. The fraction of sp³-hybridized carbons (Fsp3) is 0.692. The summed E-state index contributed by atoms with van der Waals surface area (Å²) in [6.45, 7) is 4.43. The lowest BCUT2D eigenvalue weighted by molar-refractivity contribution is 0.580. The number of nitrogens with one attached hydrogen (secondary N) is 1. The summed E-state index contributed by atoms with van der Waals surface area (Å²) in [6, 6.07) is 0. The first kappa shape index (κ1) is 11.5. The quantitative estimate of drug-likeness (QED) is 0.504. The molecule has 1 unspecified atom stereocenters. The highest BCUT2D eigenvalue weighted by atomic mass is 14.8. The zero-order chi connectivity index (χ0) is 10.1. The summed E-state index contributed by atoms with van der Waals surface area (Å²) in [7, 11) is 0. The Morgan fingerprint density at radius 2 is 2.36 bits per heavy atom. The predicted molar refractivity (Wildman–Crippen MR) is 63.4 cm³/mol. The van der Waals surface area contributed by atoms with Crippen LogP contribution in [-0.4, -0.2) is 13.1 Å². The van der Waals surface area contributed by atoms with Crippen molar-refractivity contribution in [3.05, 3.63) is 24.3 Å². The Morgan fingerprint density at radius 1 is 1.43 bits per heavy atom. The van der Waals surface area contributed by atoms with Gasteiger partial charge in [-0.2, -0.15) is 0 Å². The lowest BCUT2D eigenvalue weighted by atomic mass is 9.94. The van der Waals surface area contributed by atoms with Crippen LogP contribution in [-0.2, 0) is 0 Å². The summed E-state index contributed by atoms with van der Waals surface area (Å²) in [5.74, 6) is 0.799. The lowest BCUT2D eigenvalue weighted by Crippen LogP contribution is -2.14. The molecular weight excluding hydrogens is 170 g/mol. The molecule has 0 aliphatic heterocycles. The molecule has 1 nitrogen and oxygen atoms in total. The molecule has 14 heavy (non-hydrogen) atoms. The first-order valence-corrected chi connectivity index (χ1v) is 5.96. The Labute approximate surface area is 88.3 Å². The average Bonchev–Trinajstić information content (AvgIpc) is 2.25. The molecule has 1 rings (SSSR count). The van der Waals surface area contributed by atoms with E-state index in [4.69, 9.17) is 0 Å². The van der Waals surface area contributed by atoms with Crippen LogP contribution in [0.4, 0.5) is 0 Å². The van der Waals surface area contributed by atoms with Gasteiger partial charge in [0.2, 0.25) is 0 Å². The molecule has 0 saturated carbocycles. The van der Waals surface area contributed by atoms with Gasteiger partial charge in [0, 0.05) is 6.54 Å². The van der Waals surface area contributed by atoms with E-state index in [0.717, 1.165) is 19.0 Å². The third-order valence-electron chi connectivity index (χ3n) is 2.69. The van der Waals surface area contributed by atoms with Crippen molar-refractivity contribution >= 4 is 0 Å².